The fourth-order valence-corrected chi connectivity index (χ4v) is 3.85. The van der Waals surface area contributed by atoms with Crippen molar-refractivity contribution < 1.29 is 18.7 Å². The predicted octanol–water partition coefficient (Wildman–Crippen LogP) is 4.97. The second kappa shape index (κ2) is 6.97. The summed E-state index contributed by atoms with van der Waals surface area (Å²) in [6.07, 6.45) is -0.411. The van der Waals surface area contributed by atoms with Crippen molar-refractivity contribution >= 4 is 23.2 Å². The normalized spacial score (nSPS) is 16.8. The fourth-order valence-electron chi connectivity index (χ4n) is 3.67. The minimum atomic E-state index is -0.489. The Morgan fingerprint density at radius 1 is 1.07 bits per heavy atom. The van der Waals surface area contributed by atoms with Gasteiger partial charge in [0.1, 0.15) is 12.0 Å². The van der Waals surface area contributed by atoms with Crippen molar-refractivity contribution in [1.29, 1.82) is 0 Å². The van der Waals surface area contributed by atoms with Crippen LogP contribution in [0.2, 0.25) is 5.02 Å². The van der Waals surface area contributed by atoms with Gasteiger partial charge in [-0.1, -0.05) is 35.9 Å². The molecule has 0 bridgehead atoms. The number of rotatable bonds is 4. The van der Waals surface area contributed by atoms with Gasteiger partial charge in [0.25, 0.3) is 5.91 Å². The van der Waals surface area contributed by atoms with E-state index in [1.54, 1.807) is 11.0 Å². The first-order chi connectivity index (χ1) is 14.1. The van der Waals surface area contributed by atoms with Gasteiger partial charge < -0.3 is 19.7 Å². The summed E-state index contributed by atoms with van der Waals surface area (Å²) in [6.45, 7) is 0.569. The van der Waals surface area contributed by atoms with Gasteiger partial charge in [-0.05, 0) is 42.0 Å². The number of carbonyl (C=O) groups excluding carboxylic acids is 1. The zero-order chi connectivity index (χ0) is 20.0. The molecule has 0 radical (unpaired) electrons. The molecular weight excluding hydrogens is 395 g/mol. The summed E-state index contributed by atoms with van der Waals surface area (Å²) in [5.74, 6) is 0.795. The van der Waals surface area contributed by atoms with Gasteiger partial charge in [-0.15, -0.1) is 0 Å². The van der Waals surface area contributed by atoms with Crippen molar-refractivity contribution in [2.24, 2.45) is 0 Å². The van der Waals surface area contributed by atoms with Crippen LogP contribution in [0.25, 0.3) is 0 Å². The monoisotopic (exact) mass is 410 g/mol. The first-order valence-corrected chi connectivity index (χ1v) is 9.48. The van der Waals surface area contributed by atoms with Crippen LogP contribution in [0.3, 0.4) is 0 Å². The van der Waals surface area contributed by atoms with Crippen molar-refractivity contribution in [3.8, 4) is 11.5 Å². The molecular formula is C22H16ClFN2O3. The molecule has 7 heteroatoms. The van der Waals surface area contributed by atoms with Gasteiger partial charge in [0.05, 0.1) is 5.02 Å². The Morgan fingerprint density at radius 3 is 2.76 bits per heavy atom. The van der Waals surface area contributed by atoms with E-state index >= 15 is 0 Å². The topological polar surface area (TPSA) is 50.8 Å². The van der Waals surface area contributed by atoms with Crippen LogP contribution >= 0.6 is 11.6 Å². The van der Waals surface area contributed by atoms with Gasteiger partial charge in [0.15, 0.2) is 11.5 Å². The molecule has 0 fully saturated rings. The third kappa shape index (κ3) is 3.15. The van der Waals surface area contributed by atoms with Gasteiger partial charge in [-0.3, -0.25) is 4.79 Å². The highest BCUT2D eigenvalue weighted by Gasteiger charge is 2.36. The third-order valence-corrected chi connectivity index (χ3v) is 5.36. The van der Waals surface area contributed by atoms with E-state index in [0.29, 0.717) is 29.3 Å². The molecule has 1 atom stereocenters. The van der Waals surface area contributed by atoms with Crippen molar-refractivity contribution in [3.63, 3.8) is 0 Å². The Balaban J connectivity index is 1.48. The molecule has 5 rings (SSSR count). The van der Waals surface area contributed by atoms with E-state index < -0.39 is 12.0 Å². The Bertz CT molecular complexity index is 1120. The van der Waals surface area contributed by atoms with E-state index in [-0.39, 0.29) is 17.7 Å². The molecule has 29 heavy (non-hydrogen) atoms. The highest BCUT2D eigenvalue weighted by atomic mass is 35.5. The standard InChI is InChI=1S/C22H16ClFN2O3/c23-17-10-14(6-7-18(17)24)25-21-15-3-1-2-4-16(15)22(27)26(21)11-13-5-8-19-20(9-13)29-12-28-19/h1-10,21,25H,11-12H2. The molecule has 0 spiro atoms. The highest BCUT2D eigenvalue weighted by molar-refractivity contribution is 6.31. The van der Waals surface area contributed by atoms with Crippen LogP contribution in [0.15, 0.2) is 60.7 Å². The van der Waals surface area contributed by atoms with E-state index in [0.717, 1.165) is 11.1 Å². The SMILES string of the molecule is O=C1c2ccccc2C(Nc2ccc(F)c(Cl)c2)N1Cc1ccc2c(c1)OCO2. The quantitative estimate of drug-likeness (QED) is 0.659. The molecule has 0 saturated carbocycles. The molecule has 0 aliphatic carbocycles. The van der Waals surface area contributed by atoms with Crippen LogP contribution in [0.5, 0.6) is 11.5 Å². The Hall–Kier alpha value is -3.25. The summed E-state index contributed by atoms with van der Waals surface area (Å²) in [5.41, 5.74) is 3.04. The van der Waals surface area contributed by atoms with Crippen LogP contribution in [-0.4, -0.2) is 17.6 Å². The lowest BCUT2D eigenvalue weighted by Gasteiger charge is -2.27. The molecule has 5 nitrogen and oxygen atoms in total. The van der Waals surface area contributed by atoms with Gasteiger partial charge in [-0.25, -0.2) is 4.39 Å². The third-order valence-electron chi connectivity index (χ3n) is 5.07. The number of hydrogen-bond donors (Lipinski definition) is 1. The number of ether oxygens (including phenoxy) is 2. The van der Waals surface area contributed by atoms with Crippen LogP contribution in [0.1, 0.15) is 27.7 Å². The van der Waals surface area contributed by atoms with E-state index in [9.17, 15) is 9.18 Å². The van der Waals surface area contributed by atoms with E-state index in [1.165, 1.54) is 12.1 Å². The first-order valence-electron chi connectivity index (χ1n) is 9.10. The Morgan fingerprint density at radius 2 is 1.90 bits per heavy atom. The van der Waals surface area contributed by atoms with Crippen LogP contribution in [0.4, 0.5) is 10.1 Å². The first kappa shape index (κ1) is 17.8. The number of fused-ring (bicyclic) bond motifs is 2. The number of nitrogens with one attached hydrogen (secondary N) is 1. The number of amides is 1. The molecule has 0 aromatic heterocycles. The lowest BCUT2D eigenvalue weighted by atomic mass is 10.1. The van der Waals surface area contributed by atoms with Crippen molar-refractivity contribution in [1.82, 2.24) is 4.90 Å². The van der Waals surface area contributed by atoms with Gasteiger partial charge >= 0.3 is 0 Å². The largest absolute Gasteiger partial charge is 0.454 e. The highest BCUT2D eigenvalue weighted by Crippen LogP contribution is 2.38. The molecule has 3 aromatic carbocycles. The van der Waals surface area contributed by atoms with Crippen LogP contribution in [-0.2, 0) is 6.54 Å². The van der Waals surface area contributed by atoms with Gasteiger partial charge in [0, 0.05) is 23.4 Å². The maximum Gasteiger partial charge on any atom is 0.256 e. The van der Waals surface area contributed by atoms with Gasteiger partial charge in [0.2, 0.25) is 6.79 Å². The Labute approximate surface area is 171 Å². The second-order valence-electron chi connectivity index (χ2n) is 6.88. The average Bonchev–Trinajstić information content (AvgIpc) is 3.29. The summed E-state index contributed by atoms with van der Waals surface area (Å²) >= 11 is 5.93. The molecule has 146 valence electrons. The number of benzene rings is 3. The maximum atomic E-state index is 13.5. The number of halogens is 2. The molecule has 1 N–H and O–H groups in total. The molecule has 1 amide bonds. The number of nitrogens with zero attached hydrogens (tertiary/aromatic N) is 1. The predicted molar refractivity (Wildman–Crippen MR) is 107 cm³/mol. The van der Waals surface area contributed by atoms with Gasteiger partial charge in [-0.2, -0.15) is 0 Å². The lowest BCUT2D eigenvalue weighted by molar-refractivity contribution is 0.0728. The molecule has 1 unspecified atom stereocenters. The van der Waals surface area contributed by atoms with Crippen molar-refractivity contribution in [2.45, 2.75) is 12.7 Å². The second-order valence-corrected chi connectivity index (χ2v) is 7.29. The van der Waals surface area contributed by atoms with Crippen molar-refractivity contribution in [2.75, 3.05) is 12.1 Å². The van der Waals surface area contributed by atoms with E-state index in [1.807, 2.05) is 42.5 Å². The molecule has 2 aliphatic rings. The molecule has 3 aromatic rings. The lowest BCUT2D eigenvalue weighted by Crippen LogP contribution is -2.31. The zero-order valence-corrected chi connectivity index (χ0v) is 15.9. The smallest absolute Gasteiger partial charge is 0.256 e. The van der Waals surface area contributed by atoms with Crippen LogP contribution in [0, 0.1) is 5.82 Å². The summed E-state index contributed by atoms with van der Waals surface area (Å²) in [5, 5.41) is 3.34. The Kier molecular flexibility index (Phi) is 4.28. The summed E-state index contributed by atoms with van der Waals surface area (Å²) in [7, 11) is 0. The van der Waals surface area contributed by atoms with E-state index in [2.05, 4.69) is 5.32 Å². The fraction of sp³-hybridized carbons (Fsp3) is 0.136. The van der Waals surface area contributed by atoms with Crippen LogP contribution < -0.4 is 14.8 Å². The number of hydrogen-bond acceptors (Lipinski definition) is 4. The number of carbonyl (C=O) groups is 1. The summed E-state index contributed by atoms with van der Waals surface area (Å²) < 4.78 is 24.3. The zero-order valence-electron chi connectivity index (χ0n) is 15.2. The molecule has 0 saturated heterocycles. The minimum absolute atomic E-state index is 0.0231. The van der Waals surface area contributed by atoms with Crippen molar-refractivity contribution in [3.05, 3.63) is 88.2 Å². The van der Waals surface area contributed by atoms with E-state index in [4.69, 9.17) is 21.1 Å². The molecule has 2 aliphatic heterocycles. The average molecular weight is 411 g/mol. The summed E-state index contributed by atoms with van der Waals surface area (Å²) in [6, 6.07) is 17.5. The molecule has 2 heterocycles. The maximum absolute atomic E-state index is 13.5. The minimum Gasteiger partial charge on any atom is -0.454 e. The number of anilines is 1. The summed E-state index contributed by atoms with van der Waals surface area (Å²) in [4.78, 5) is 14.8.